The van der Waals surface area contributed by atoms with Crippen molar-refractivity contribution in [1.29, 1.82) is 0 Å². The predicted molar refractivity (Wildman–Crippen MR) is 69.1 cm³/mol. The smallest absolute Gasteiger partial charge is 0.152 e. The fraction of sp³-hybridized carbons (Fsp3) is 0.286. The van der Waals surface area contributed by atoms with Crippen LogP contribution < -0.4 is 0 Å². The van der Waals surface area contributed by atoms with Gasteiger partial charge in [-0.3, -0.25) is 9.79 Å². The molecule has 0 heterocycles. The quantitative estimate of drug-likeness (QED) is 0.565. The van der Waals surface area contributed by atoms with Crippen LogP contribution in [0.15, 0.2) is 29.3 Å². The van der Waals surface area contributed by atoms with Crippen molar-refractivity contribution in [3.05, 3.63) is 41.2 Å². The minimum absolute atomic E-state index is 0.0914. The largest absolute Gasteiger partial charge is 0.298 e. The first kappa shape index (κ1) is 13.3. The van der Waals surface area contributed by atoms with Crippen LogP contribution in [0.2, 0.25) is 0 Å². The Morgan fingerprint density at radius 3 is 2.76 bits per heavy atom. The molecule has 2 nitrogen and oxygen atoms in total. The van der Waals surface area contributed by atoms with Gasteiger partial charge in [-0.15, -0.1) is 0 Å². The number of aldehydes is 1. The van der Waals surface area contributed by atoms with Crippen molar-refractivity contribution in [1.82, 2.24) is 0 Å². The maximum atomic E-state index is 13.5. The molecule has 0 aromatic heterocycles. The van der Waals surface area contributed by atoms with Crippen LogP contribution in [0.25, 0.3) is 5.57 Å². The third kappa shape index (κ3) is 3.63. The Balaban J connectivity index is 3.10. The second-order valence-electron chi connectivity index (χ2n) is 3.70. The summed E-state index contributed by atoms with van der Waals surface area (Å²) in [5, 5.41) is 0. The maximum Gasteiger partial charge on any atom is 0.152 e. The maximum absolute atomic E-state index is 13.5. The average Bonchev–Trinajstić information content (AvgIpc) is 2.34. The number of hydrogen-bond acceptors (Lipinski definition) is 2. The van der Waals surface area contributed by atoms with Crippen LogP contribution in [-0.2, 0) is 0 Å². The third-order valence-corrected chi connectivity index (χ3v) is 2.44. The van der Waals surface area contributed by atoms with E-state index in [0.29, 0.717) is 6.29 Å². The fourth-order valence-electron chi connectivity index (χ4n) is 1.58. The normalized spacial score (nSPS) is 12.1. The molecule has 1 aromatic carbocycles. The Morgan fingerprint density at radius 2 is 2.24 bits per heavy atom. The minimum atomic E-state index is -0.479. The van der Waals surface area contributed by atoms with Crippen molar-refractivity contribution >= 4 is 18.1 Å². The highest BCUT2D eigenvalue weighted by Crippen LogP contribution is 2.21. The van der Waals surface area contributed by atoms with E-state index in [4.69, 9.17) is 0 Å². The topological polar surface area (TPSA) is 29.4 Å². The zero-order valence-electron chi connectivity index (χ0n) is 10.1. The van der Waals surface area contributed by atoms with E-state index in [0.717, 1.165) is 24.0 Å². The molecule has 0 bridgehead atoms. The Labute approximate surface area is 101 Å². The lowest BCUT2D eigenvalue weighted by atomic mass is 10.00. The van der Waals surface area contributed by atoms with E-state index in [1.807, 2.05) is 6.08 Å². The highest BCUT2D eigenvalue weighted by atomic mass is 19.1. The van der Waals surface area contributed by atoms with Gasteiger partial charge in [0.05, 0.1) is 5.56 Å². The molecule has 0 N–H and O–H groups in total. The number of nitrogens with zero attached hydrogens (tertiary/aromatic N) is 1. The van der Waals surface area contributed by atoms with Gasteiger partial charge in [0.1, 0.15) is 5.82 Å². The average molecular weight is 233 g/mol. The van der Waals surface area contributed by atoms with E-state index in [1.165, 1.54) is 12.1 Å². The van der Waals surface area contributed by atoms with Gasteiger partial charge in [0.25, 0.3) is 0 Å². The van der Waals surface area contributed by atoms with Gasteiger partial charge in [-0.25, -0.2) is 4.39 Å². The van der Waals surface area contributed by atoms with Crippen LogP contribution >= 0.6 is 0 Å². The van der Waals surface area contributed by atoms with Crippen molar-refractivity contribution in [2.45, 2.75) is 19.8 Å². The van der Waals surface area contributed by atoms with Crippen molar-refractivity contribution in [2.24, 2.45) is 4.99 Å². The van der Waals surface area contributed by atoms with Crippen LogP contribution in [0.5, 0.6) is 0 Å². The molecular weight excluding hydrogens is 217 g/mol. The van der Waals surface area contributed by atoms with Crippen LogP contribution in [0.3, 0.4) is 0 Å². The van der Waals surface area contributed by atoms with Crippen LogP contribution in [-0.4, -0.2) is 19.5 Å². The molecule has 0 aliphatic carbocycles. The highest BCUT2D eigenvalue weighted by molar-refractivity contribution is 5.85. The number of halogens is 1. The summed E-state index contributed by atoms with van der Waals surface area (Å²) in [6.45, 7) is 2.06. The lowest BCUT2D eigenvalue weighted by molar-refractivity contribution is 0.112. The monoisotopic (exact) mass is 233 g/mol. The summed E-state index contributed by atoms with van der Waals surface area (Å²) in [5.41, 5.74) is 1.91. The minimum Gasteiger partial charge on any atom is -0.298 e. The molecule has 0 saturated heterocycles. The summed E-state index contributed by atoms with van der Waals surface area (Å²) in [6, 6.07) is 4.66. The van der Waals surface area contributed by atoms with E-state index in [-0.39, 0.29) is 5.56 Å². The molecule has 1 aromatic rings. The molecule has 90 valence electrons. The van der Waals surface area contributed by atoms with Gasteiger partial charge in [0.15, 0.2) is 6.29 Å². The van der Waals surface area contributed by atoms with Crippen molar-refractivity contribution in [3.8, 4) is 0 Å². The summed E-state index contributed by atoms with van der Waals surface area (Å²) in [4.78, 5) is 14.4. The van der Waals surface area contributed by atoms with Crippen molar-refractivity contribution < 1.29 is 9.18 Å². The molecule has 0 spiro atoms. The fourth-order valence-corrected chi connectivity index (χ4v) is 1.58. The first-order valence-electron chi connectivity index (χ1n) is 5.59. The second-order valence-corrected chi connectivity index (χ2v) is 3.70. The SMILES string of the molecule is CCC/C(=C\C=N/C)c1ccc(C=O)c(F)c1. The standard InChI is InChI=1S/C14H16FNO/c1-3-4-11(7-8-16-2)12-5-6-13(10-17)14(15)9-12/h5-10H,3-4H2,1-2H3/b11-7+,16-8-. The van der Waals surface area contributed by atoms with E-state index >= 15 is 0 Å². The van der Waals surface area contributed by atoms with Gasteiger partial charge in [0.2, 0.25) is 0 Å². The van der Waals surface area contributed by atoms with Crippen LogP contribution in [0, 0.1) is 5.82 Å². The van der Waals surface area contributed by atoms with Crippen LogP contribution in [0.1, 0.15) is 35.7 Å². The van der Waals surface area contributed by atoms with E-state index in [9.17, 15) is 9.18 Å². The Hall–Kier alpha value is -1.77. The lowest BCUT2D eigenvalue weighted by Crippen LogP contribution is -1.92. The summed E-state index contributed by atoms with van der Waals surface area (Å²) in [6.07, 6.45) is 5.91. The van der Waals surface area contributed by atoms with Crippen molar-refractivity contribution in [2.75, 3.05) is 7.05 Å². The summed E-state index contributed by atoms with van der Waals surface area (Å²) in [7, 11) is 1.69. The first-order valence-corrected chi connectivity index (χ1v) is 5.59. The van der Waals surface area contributed by atoms with E-state index < -0.39 is 5.82 Å². The van der Waals surface area contributed by atoms with Gasteiger partial charge < -0.3 is 0 Å². The molecule has 3 heteroatoms. The van der Waals surface area contributed by atoms with E-state index in [2.05, 4.69) is 11.9 Å². The lowest BCUT2D eigenvalue weighted by Gasteiger charge is -2.06. The van der Waals surface area contributed by atoms with E-state index in [1.54, 1.807) is 19.3 Å². The summed E-state index contributed by atoms with van der Waals surface area (Å²) >= 11 is 0. The molecule has 0 aliphatic heterocycles. The van der Waals surface area contributed by atoms with Crippen LogP contribution in [0.4, 0.5) is 4.39 Å². The molecule has 0 unspecified atom stereocenters. The van der Waals surface area contributed by atoms with Gasteiger partial charge in [-0.1, -0.05) is 19.4 Å². The Kier molecular flexibility index (Phi) is 5.27. The molecule has 17 heavy (non-hydrogen) atoms. The highest BCUT2D eigenvalue weighted by Gasteiger charge is 2.05. The number of allylic oxidation sites excluding steroid dienone is 2. The molecular formula is C14H16FNO. The molecule has 0 radical (unpaired) electrons. The zero-order valence-corrected chi connectivity index (χ0v) is 10.1. The number of carbonyl (C=O) groups is 1. The number of aliphatic imine (C=N–C) groups is 1. The van der Waals surface area contributed by atoms with Gasteiger partial charge >= 0.3 is 0 Å². The number of carbonyl (C=O) groups excluding carboxylic acids is 1. The number of rotatable bonds is 5. The molecule has 0 atom stereocenters. The molecule has 0 fully saturated rings. The molecule has 0 amide bonds. The first-order chi connectivity index (χ1) is 8.22. The number of hydrogen-bond donors (Lipinski definition) is 0. The van der Waals surface area contributed by atoms with Crippen molar-refractivity contribution in [3.63, 3.8) is 0 Å². The zero-order chi connectivity index (χ0) is 12.7. The summed E-state index contributed by atoms with van der Waals surface area (Å²) < 4.78 is 13.5. The van der Waals surface area contributed by atoms with Gasteiger partial charge in [0, 0.05) is 13.3 Å². The van der Waals surface area contributed by atoms with Gasteiger partial charge in [-0.05, 0) is 35.8 Å². The molecule has 0 aliphatic rings. The molecule has 1 rings (SSSR count). The second kappa shape index (κ2) is 6.74. The molecule has 0 saturated carbocycles. The summed E-state index contributed by atoms with van der Waals surface area (Å²) in [5.74, 6) is -0.479. The Morgan fingerprint density at radius 1 is 1.47 bits per heavy atom. The van der Waals surface area contributed by atoms with Gasteiger partial charge in [-0.2, -0.15) is 0 Å². The predicted octanol–water partition coefficient (Wildman–Crippen LogP) is 3.52. The third-order valence-electron chi connectivity index (χ3n) is 2.44. The Bertz CT molecular complexity index is 450. The number of benzene rings is 1.